The van der Waals surface area contributed by atoms with Gasteiger partial charge in [-0.3, -0.25) is 19.8 Å². The van der Waals surface area contributed by atoms with Gasteiger partial charge in [0.1, 0.15) is 11.3 Å². The van der Waals surface area contributed by atoms with Crippen LogP contribution in [0, 0.1) is 6.92 Å². The zero-order valence-electron chi connectivity index (χ0n) is 15.9. The Balaban J connectivity index is 1.76. The zero-order valence-corrected chi connectivity index (χ0v) is 16.7. The molecule has 0 atom stereocenters. The van der Waals surface area contributed by atoms with E-state index in [1.54, 1.807) is 24.3 Å². The number of hydrogen-bond donors (Lipinski definition) is 1. The highest BCUT2D eigenvalue weighted by Crippen LogP contribution is 2.39. The van der Waals surface area contributed by atoms with Crippen molar-refractivity contribution in [3.63, 3.8) is 0 Å². The summed E-state index contributed by atoms with van der Waals surface area (Å²) in [4.78, 5) is 27.0. The number of carbonyl (C=O) groups excluding carboxylic acids is 2. The second kappa shape index (κ2) is 7.56. The molecule has 2 aromatic rings. The number of amides is 2. The monoisotopic (exact) mass is 410 g/mol. The van der Waals surface area contributed by atoms with E-state index >= 15 is 0 Å². The highest BCUT2D eigenvalue weighted by molar-refractivity contribution is 7.80. The summed E-state index contributed by atoms with van der Waals surface area (Å²) in [6.45, 7) is 4.31. The van der Waals surface area contributed by atoms with Crippen molar-refractivity contribution < 1.29 is 23.8 Å². The van der Waals surface area contributed by atoms with Gasteiger partial charge in [-0.15, -0.1) is 0 Å². The van der Waals surface area contributed by atoms with E-state index in [1.807, 2.05) is 26.0 Å². The Morgan fingerprint density at radius 2 is 1.86 bits per heavy atom. The molecule has 29 heavy (non-hydrogen) atoms. The summed E-state index contributed by atoms with van der Waals surface area (Å²) >= 11 is 5.23. The molecule has 0 saturated carbocycles. The minimum absolute atomic E-state index is 0.0386. The Labute approximate surface area is 172 Å². The zero-order chi connectivity index (χ0) is 20.5. The Morgan fingerprint density at radius 3 is 2.55 bits per heavy atom. The number of aryl methyl sites for hydroxylation is 1. The molecule has 4 rings (SSSR count). The van der Waals surface area contributed by atoms with Crippen molar-refractivity contribution in [1.82, 2.24) is 5.32 Å². The first kappa shape index (κ1) is 18.9. The topological polar surface area (TPSA) is 77.1 Å². The van der Waals surface area contributed by atoms with E-state index in [0.29, 0.717) is 35.1 Å². The Hall–Kier alpha value is -3.39. The molecule has 8 heteroatoms. The molecular weight excluding hydrogens is 392 g/mol. The fourth-order valence-corrected chi connectivity index (χ4v) is 3.35. The molecule has 1 N–H and O–H groups in total. The van der Waals surface area contributed by atoms with Crippen LogP contribution in [0.25, 0.3) is 6.08 Å². The number of anilines is 1. The third kappa shape index (κ3) is 3.54. The highest BCUT2D eigenvalue weighted by atomic mass is 32.1. The van der Waals surface area contributed by atoms with Crippen LogP contribution in [0.3, 0.4) is 0 Å². The molecule has 7 nitrogen and oxygen atoms in total. The van der Waals surface area contributed by atoms with Gasteiger partial charge in [0.25, 0.3) is 11.8 Å². The molecule has 0 spiro atoms. The normalized spacial score (nSPS) is 17.0. The fourth-order valence-electron chi connectivity index (χ4n) is 3.07. The Bertz CT molecular complexity index is 1050. The van der Waals surface area contributed by atoms with Crippen molar-refractivity contribution in [3.8, 4) is 17.2 Å². The van der Waals surface area contributed by atoms with E-state index in [-0.39, 0.29) is 17.5 Å². The molecule has 2 aromatic carbocycles. The second-order valence-electron chi connectivity index (χ2n) is 6.47. The van der Waals surface area contributed by atoms with Crippen molar-refractivity contribution >= 4 is 40.9 Å². The number of thiocarbonyl (C=S) groups is 1. The first-order chi connectivity index (χ1) is 14.0. The van der Waals surface area contributed by atoms with Crippen molar-refractivity contribution in [2.75, 3.05) is 18.3 Å². The number of ether oxygens (including phenoxy) is 3. The van der Waals surface area contributed by atoms with Gasteiger partial charge in [0.15, 0.2) is 16.6 Å². The third-order valence-corrected chi connectivity index (χ3v) is 4.78. The van der Waals surface area contributed by atoms with Crippen molar-refractivity contribution in [3.05, 3.63) is 53.1 Å². The molecule has 2 heterocycles. The Morgan fingerprint density at radius 1 is 1.17 bits per heavy atom. The number of rotatable bonds is 4. The van der Waals surface area contributed by atoms with E-state index in [9.17, 15) is 9.59 Å². The molecule has 0 bridgehead atoms. The molecule has 1 saturated heterocycles. The summed E-state index contributed by atoms with van der Waals surface area (Å²) in [5, 5.41) is 2.62. The first-order valence-electron chi connectivity index (χ1n) is 9.02. The third-order valence-electron chi connectivity index (χ3n) is 4.50. The van der Waals surface area contributed by atoms with E-state index in [0.717, 1.165) is 5.56 Å². The molecule has 0 radical (unpaired) electrons. The van der Waals surface area contributed by atoms with Crippen LogP contribution in [-0.2, 0) is 9.59 Å². The van der Waals surface area contributed by atoms with Gasteiger partial charge < -0.3 is 14.2 Å². The van der Waals surface area contributed by atoms with Gasteiger partial charge in [0.2, 0.25) is 6.79 Å². The smallest absolute Gasteiger partial charge is 0.270 e. The maximum Gasteiger partial charge on any atom is 0.270 e. The van der Waals surface area contributed by atoms with Crippen LogP contribution in [0.4, 0.5) is 5.69 Å². The van der Waals surface area contributed by atoms with Crippen molar-refractivity contribution in [2.45, 2.75) is 13.8 Å². The van der Waals surface area contributed by atoms with E-state index < -0.39 is 11.8 Å². The molecule has 2 aliphatic heterocycles. The molecule has 2 amide bonds. The SMILES string of the molecule is CCOc1cc2c(cc1/C=C1/C(=O)NC(=S)N(c3ccc(C)cc3)C1=O)OCO2. The Kier molecular flexibility index (Phi) is 4.94. The highest BCUT2D eigenvalue weighted by Gasteiger charge is 2.35. The molecule has 0 unspecified atom stereocenters. The fraction of sp³-hybridized carbons (Fsp3) is 0.190. The summed E-state index contributed by atoms with van der Waals surface area (Å²) < 4.78 is 16.4. The number of carbonyl (C=O) groups is 2. The second-order valence-corrected chi connectivity index (χ2v) is 6.86. The van der Waals surface area contributed by atoms with Crippen LogP contribution in [0.15, 0.2) is 42.0 Å². The van der Waals surface area contributed by atoms with Gasteiger partial charge in [-0.25, -0.2) is 0 Å². The number of fused-ring (bicyclic) bond motifs is 1. The van der Waals surface area contributed by atoms with Crippen LogP contribution >= 0.6 is 12.2 Å². The summed E-state index contributed by atoms with van der Waals surface area (Å²) in [5.74, 6) is 0.485. The lowest BCUT2D eigenvalue weighted by Crippen LogP contribution is -2.54. The lowest BCUT2D eigenvalue weighted by Gasteiger charge is -2.29. The largest absolute Gasteiger partial charge is 0.493 e. The lowest BCUT2D eigenvalue weighted by molar-refractivity contribution is -0.122. The van der Waals surface area contributed by atoms with Gasteiger partial charge in [-0.2, -0.15) is 0 Å². The summed E-state index contributed by atoms with van der Waals surface area (Å²) in [7, 11) is 0. The molecular formula is C21H18N2O5S. The molecule has 0 aromatic heterocycles. The van der Waals surface area contributed by atoms with Gasteiger partial charge in [0, 0.05) is 11.6 Å². The number of benzene rings is 2. The number of hydrogen-bond acceptors (Lipinski definition) is 6. The van der Waals surface area contributed by atoms with Crippen molar-refractivity contribution in [1.29, 1.82) is 0 Å². The standard InChI is InChI=1S/C21H18N2O5S/c1-3-26-16-10-18-17(27-11-28-18)9-13(16)8-15-19(24)22-21(29)23(20(15)25)14-6-4-12(2)5-7-14/h4-10H,3,11H2,1-2H3,(H,22,24,29)/b15-8-. The predicted molar refractivity (Wildman–Crippen MR) is 111 cm³/mol. The van der Waals surface area contributed by atoms with Crippen LogP contribution < -0.4 is 24.4 Å². The quantitative estimate of drug-likeness (QED) is 0.474. The average Bonchev–Trinajstić information content (AvgIpc) is 3.14. The van der Waals surface area contributed by atoms with Gasteiger partial charge in [0.05, 0.1) is 12.3 Å². The van der Waals surface area contributed by atoms with Crippen LogP contribution in [0.1, 0.15) is 18.1 Å². The minimum atomic E-state index is -0.566. The molecule has 1 fully saturated rings. The minimum Gasteiger partial charge on any atom is -0.493 e. The van der Waals surface area contributed by atoms with Gasteiger partial charge in [-0.1, -0.05) is 17.7 Å². The maximum absolute atomic E-state index is 13.2. The van der Waals surface area contributed by atoms with Crippen LogP contribution in [0.5, 0.6) is 17.2 Å². The predicted octanol–water partition coefficient (Wildman–Crippen LogP) is 2.95. The average molecular weight is 410 g/mol. The van der Waals surface area contributed by atoms with E-state index in [4.69, 9.17) is 26.4 Å². The van der Waals surface area contributed by atoms with E-state index in [2.05, 4.69) is 5.32 Å². The van der Waals surface area contributed by atoms with Crippen molar-refractivity contribution in [2.24, 2.45) is 0 Å². The first-order valence-corrected chi connectivity index (χ1v) is 9.43. The molecule has 148 valence electrons. The summed E-state index contributed by atoms with van der Waals surface area (Å²) in [5.41, 5.74) is 2.10. The van der Waals surface area contributed by atoms with Gasteiger partial charge in [-0.05, 0) is 50.3 Å². The number of nitrogens with zero attached hydrogens (tertiary/aromatic N) is 1. The van der Waals surface area contributed by atoms with Crippen LogP contribution in [0.2, 0.25) is 0 Å². The maximum atomic E-state index is 13.2. The summed E-state index contributed by atoms with van der Waals surface area (Å²) in [6.07, 6.45) is 1.48. The van der Waals surface area contributed by atoms with Crippen LogP contribution in [-0.4, -0.2) is 30.3 Å². The molecule has 2 aliphatic rings. The lowest BCUT2D eigenvalue weighted by atomic mass is 10.1. The number of nitrogens with one attached hydrogen (secondary N) is 1. The van der Waals surface area contributed by atoms with E-state index in [1.165, 1.54) is 11.0 Å². The summed E-state index contributed by atoms with van der Waals surface area (Å²) in [6, 6.07) is 10.7. The molecule has 0 aliphatic carbocycles. The van der Waals surface area contributed by atoms with Gasteiger partial charge >= 0.3 is 0 Å².